The number of anilines is 2. The molecule has 1 N–H and O–H groups in total. The van der Waals surface area contributed by atoms with Crippen LogP contribution in [0.2, 0.25) is 0 Å². The zero-order valence-electron chi connectivity index (χ0n) is 17.3. The number of benzene rings is 2. The van der Waals surface area contributed by atoms with Gasteiger partial charge in [0.1, 0.15) is 5.75 Å². The van der Waals surface area contributed by atoms with Gasteiger partial charge in [0.05, 0.1) is 41.5 Å². The number of para-hydroxylation sites is 3. The smallest absolute Gasteiger partial charge is 0.229 e. The molecule has 7 heteroatoms. The van der Waals surface area contributed by atoms with Gasteiger partial charge in [0.2, 0.25) is 11.8 Å². The van der Waals surface area contributed by atoms with Crippen LogP contribution in [-0.4, -0.2) is 35.2 Å². The van der Waals surface area contributed by atoms with Crippen LogP contribution in [0.15, 0.2) is 54.6 Å². The number of hydrogen-bond donors (Lipinski definition) is 1. The van der Waals surface area contributed by atoms with Crippen molar-refractivity contribution in [2.75, 3.05) is 23.9 Å². The van der Waals surface area contributed by atoms with Gasteiger partial charge < -0.3 is 15.0 Å². The van der Waals surface area contributed by atoms with E-state index in [1.54, 1.807) is 18.1 Å². The average Bonchev–Trinajstić information content (AvgIpc) is 3.29. The Morgan fingerprint density at radius 1 is 1.10 bits per heavy atom. The molecule has 0 bridgehead atoms. The van der Waals surface area contributed by atoms with Crippen LogP contribution in [0.4, 0.5) is 11.4 Å². The molecular formula is C23H24N4O3. The minimum absolute atomic E-state index is 0.0897. The van der Waals surface area contributed by atoms with Crippen molar-refractivity contribution in [3.05, 3.63) is 66.0 Å². The lowest BCUT2D eigenvalue weighted by Crippen LogP contribution is -2.28. The fraction of sp³-hybridized carbons (Fsp3) is 0.261. The Morgan fingerprint density at radius 3 is 2.53 bits per heavy atom. The molecule has 1 aliphatic heterocycles. The van der Waals surface area contributed by atoms with E-state index in [-0.39, 0.29) is 18.2 Å². The van der Waals surface area contributed by atoms with E-state index >= 15 is 0 Å². The number of carbonyl (C=O) groups is 2. The second kappa shape index (κ2) is 8.02. The molecule has 0 saturated carbocycles. The number of aromatic nitrogens is 2. The van der Waals surface area contributed by atoms with E-state index < -0.39 is 5.92 Å². The summed E-state index contributed by atoms with van der Waals surface area (Å²) < 4.78 is 7.18. The molecule has 0 radical (unpaired) electrons. The second-order valence-corrected chi connectivity index (χ2v) is 7.36. The normalized spacial score (nSPS) is 16.0. The van der Waals surface area contributed by atoms with Crippen molar-refractivity contribution < 1.29 is 14.3 Å². The summed E-state index contributed by atoms with van der Waals surface area (Å²) in [5.41, 5.74) is 3.88. The molecule has 3 aromatic rings. The number of rotatable bonds is 5. The number of aryl methyl sites for hydroxylation is 1. The molecular weight excluding hydrogens is 380 g/mol. The first-order valence-corrected chi connectivity index (χ1v) is 9.85. The summed E-state index contributed by atoms with van der Waals surface area (Å²) >= 11 is 0. The van der Waals surface area contributed by atoms with Crippen molar-refractivity contribution in [1.82, 2.24) is 9.78 Å². The van der Waals surface area contributed by atoms with E-state index in [2.05, 4.69) is 10.4 Å². The molecule has 1 aromatic heterocycles. The van der Waals surface area contributed by atoms with Gasteiger partial charge in [0.15, 0.2) is 0 Å². The van der Waals surface area contributed by atoms with Crippen LogP contribution in [0, 0.1) is 19.8 Å². The Labute approximate surface area is 175 Å². The van der Waals surface area contributed by atoms with Gasteiger partial charge in [-0.3, -0.25) is 9.59 Å². The van der Waals surface area contributed by atoms with Crippen molar-refractivity contribution >= 4 is 23.2 Å². The third-order valence-electron chi connectivity index (χ3n) is 5.41. The number of nitrogens with one attached hydrogen (secondary N) is 1. The van der Waals surface area contributed by atoms with Gasteiger partial charge >= 0.3 is 0 Å². The Bertz CT molecular complexity index is 1090. The number of ether oxygens (including phenoxy) is 1. The highest BCUT2D eigenvalue weighted by Crippen LogP contribution is 2.33. The highest BCUT2D eigenvalue weighted by atomic mass is 16.5. The summed E-state index contributed by atoms with van der Waals surface area (Å²) in [5.74, 6) is -0.100. The summed E-state index contributed by atoms with van der Waals surface area (Å²) in [5, 5.41) is 7.57. The van der Waals surface area contributed by atoms with E-state index in [4.69, 9.17) is 4.74 Å². The van der Waals surface area contributed by atoms with Crippen LogP contribution in [0.5, 0.6) is 5.75 Å². The zero-order valence-corrected chi connectivity index (χ0v) is 17.3. The average molecular weight is 404 g/mol. The van der Waals surface area contributed by atoms with E-state index in [0.717, 1.165) is 17.1 Å². The SMILES string of the molecule is COc1ccccc1N1CC(C(=O)Nc2c(C)nn(-c3ccccc3)c2C)CC1=O. The van der Waals surface area contributed by atoms with Crippen molar-refractivity contribution in [3.8, 4) is 11.4 Å². The molecule has 154 valence electrons. The maximum Gasteiger partial charge on any atom is 0.229 e. The number of carbonyl (C=O) groups excluding carboxylic acids is 2. The third-order valence-corrected chi connectivity index (χ3v) is 5.41. The van der Waals surface area contributed by atoms with E-state index in [0.29, 0.717) is 23.7 Å². The minimum atomic E-state index is -0.443. The maximum atomic E-state index is 13.0. The van der Waals surface area contributed by atoms with Crippen molar-refractivity contribution in [1.29, 1.82) is 0 Å². The maximum absolute atomic E-state index is 13.0. The Kier molecular flexibility index (Phi) is 5.27. The van der Waals surface area contributed by atoms with Crippen molar-refractivity contribution in [2.24, 2.45) is 5.92 Å². The van der Waals surface area contributed by atoms with Gasteiger partial charge in [0.25, 0.3) is 0 Å². The van der Waals surface area contributed by atoms with Gasteiger partial charge in [-0.05, 0) is 38.1 Å². The van der Waals surface area contributed by atoms with Gasteiger partial charge in [-0.15, -0.1) is 0 Å². The van der Waals surface area contributed by atoms with Crippen molar-refractivity contribution in [2.45, 2.75) is 20.3 Å². The first kappa shape index (κ1) is 19.7. The third kappa shape index (κ3) is 3.54. The van der Waals surface area contributed by atoms with Crippen LogP contribution in [-0.2, 0) is 9.59 Å². The van der Waals surface area contributed by atoms with Gasteiger partial charge in [-0.1, -0.05) is 30.3 Å². The summed E-state index contributed by atoms with van der Waals surface area (Å²) in [7, 11) is 1.57. The van der Waals surface area contributed by atoms with Crippen LogP contribution in [0.3, 0.4) is 0 Å². The first-order valence-electron chi connectivity index (χ1n) is 9.85. The number of nitrogens with zero attached hydrogens (tertiary/aromatic N) is 3. The van der Waals surface area contributed by atoms with E-state index in [9.17, 15) is 9.59 Å². The van der Waals surface area contributed by atoms with Crippen LogP contribution in [0.1, 0.15) is 17.8 Å². The monoisotopic (exact) mass is 404 g/mol. The molecule has 7 nitrogen and oxygen atoms in total. The van der Waals surface area contributed by atoms with Crippen molar-refractivity contribution in [3.63, 3.8) is 0 Å². The standard InChI is InChI=1S/C23H24N4O3/c1-15-22(16(2)27(25-15)18-9-5-4-6-10-18)24-23(29)17-13-21(28)26(14-17)19-11-7-8-12-20(19)30-3/h4-12,17H,13-14H2,1-3H3,(H,24,29). The summed E-state index contributed by atoms with van der Waals surface area (Å²) in [6.07, 6.45) is 0.162. The fourth-order valence-corrected chi connectivity index (χ4v) is 3.84. The zero-order chi connectivity index (χ0) is 21.3. The fourth-order valence-electron chi connectivity index (χ4n) is 3.84. The Morgan fingerprint density at radius 2 is 1.80 bits per heavy atom. The summed E-state index contributed by atoms with van der Waals surface area (Å²) in [6.45, 7) is 4.10. The highest BCUT2D eigenvalue weighted by molar-refractivity contribution is 6.04. The number of methoxy groups -OCH3 is 1. The minimum Gasteiger partial charge on any atom is -0.495 e. The molecule has 1 fully saturated rings. The first-order chi connectivity index (χ1) is 14.5. The largest absolute Gasteiger partial charge is 0.495 e. The van der Waals surface area contributed by atoms with Crippen LogP contribution < -0.4 is 15.0 Å². The molecule has 1 saturated heterocycles. The second-order valence-electron chi connectivity index (χ2n) is 7.36. The van der Waals surface area contributed by atoms with Gasteiger partial charge in [0, 0.05) is 13.0 Å². The van der Waals surface area contributed by atoms with E-state index in [1.165, 1.54) is 0 Å². The molecule has 2 amide bonds. The molecule has 2 heterocycles. The molecule has 1 unspecified atom stereocenters. The molecule has 4 rings (SSSR count). The molecule has 1 atom stereocenters. The number of amides is 2. The molecule has 30 heavy (non-hydrogen) atoms. The number of hydrogen-bond acceptors (Lipinski definition) is 4. The molecule has 1 aliphatic rings. The lowest BCUT2D eigenvalue weighted by atomic mass is 10.1. The van der Waals surface area contributed by atoms with E-state index in [1.807, 2.05) is 67.1 Å². The molecule has 0 aliphatic carbocycles. The molecule has 2 aromatic carbocycles. The predicted octanol–water partition coefficient (Wildman–Crippen LogP) is 3.49. The van der Waals surface area contributed by atoms with Crippen LogP contribution >= 0.6 is 0 Å². The molecule has 0 spiro atoms. The lowest BCUT2D eigenvalue weighted by molar-refractivity contribution is -0.122. The quantitative estimate of drug-likeness (QED) is 0.706. The summed E-state index contributed by atoms with van der Waals surface area (Å²) in [6, 6.07) is 17.1. The summed E-state index contributed by atoms with van der Waals surface area (Å²) in [4.78, 5) is 27.2. The lowest BCUT2D eigenvalue weighted by Gasteiger charge is -2.19. The highest BCUT2D eigenvalue weighted by Gasteiger charge is 2.36. The Hall–Kier alpha value is -3.61. The van der Waals surface area contributed by atoms with Gasteiger partial charge in [-0.25, -0.2) is 4.68 Å². The van der Waals surface area contributed by atoms with Crippen LogP contribution in [0.25, 0.3) is 5.69 Å². The Balaban J connectivity index is 1.53. The van der Waals surface area contributed by atoms with Gasteiger partial charge in [-0.2, -0.15) is 5.10 Å². The predicted molar refractivity (Wildman–Crippen MR) is 115 cm³/mol. The topological polar surface area (TPSA) is 76.5 Å².